The van der Waals surface area contributed by atoms with Gasteiger partial charge in [0.05, 0.1) is 11.2 Å². The van der Waals surface area contributed by atoms with Crippen LogP contribution in [-0.4, -0.2) is 32.9 Å². The predicted molar refractivity (Wildman–Crippen MR) is 77.9 cm³/mol. The molecule has 0 aliphatic carbocycles. The fourth-order valence-corrected chi connectivity index (χ4v) is 2.33. The maximum absolute atomic E-state index is 6.08. The number of nitrogens with zero attached hydrogens (tertiary/aromatic N) is 3. The summed E-state index contributed by atoms with van der Waals surface area (Å²) in [7, 11) is -0.400. The van der Waals surface area contributed by atoms with Crippen LogP contribution in [0.3, 0.4) is 0 Å². The normalized spacial score (nSPS) is 20.8. The number of anilines is 1. The number of nitrogens with two attached hydrogens (primary N) is 1. The second-order valence-corrected chi connectivity index (χ2v) is 6.22. The summed E-state index contributed by atoms with van der Waals surface area (Å²) in [4.78, 5) is 4.24. The number of rotatable bonds is 1. The van der Waals surface area contributed by atoms with Crippen LogP contribution >= 0.6 is 0 Å². The molecule has 0 radical (unpaired) electrons. The van der Waals surface area contributed by atoms with Crippen LogP contribution < -0.4 is 11.2 Å². The Balaban J connectivity index is 2.06. The number of pyridine rings is 1. The van der Waals surface area contributed by atoms with E-state index in [0.717, 1.165) is 16.7 Å². The fourth-order valence-electron chi connectivity index (χ4n) is 2.33. The summed E-state index contributed by atoms with van der Waals surface area (Å²) in [6.45, 7) is 10.1. The molecule has 1 aliphatic heterocycles. The molecule has 0 spiro atoms. The Morgan fingerprint density at radius 2 is 1.80 bits per heavy atom. The van der Waals surface area contributed by atoms with E-state index < -0.39 is 7.12 Å². The van der Waals surface area contributed by atoms with E-state index in [0.29, 0.717) is 0 Å². The van der Waals surface area contributed by atoms with E-state index in [1.54, 1.807) is 4.52 Å². The topological polar surface area (TPSA) is 74.7 Å². The zero-order valence-electron chi connectivity index (χ0n) is 12.5. The van der Waals surface area contributed by atoms with Gasteiger partial charge >= 0.3 is 7.12 Å². The molecule has 2 aromatic heterocycles. The molecule has 2 aromatic rings. The van der Waals surface area contributed by atoms with Gasteiger partial charge in [0.1, 0.15) is 0 Å². The van der Waals surface area contributed by atoms with Gasteiger partial charge in [-0.15, -0.1) is 5.10 Å². The predicted octanol–water partition coefficient (Wildman–Crippen LogP) is 0.919. The van der Waals surface area contributed by atoms with Gasteiger partial charge in [0.2, 0.25) is 5.95 Å². The third-order valence-corrected chi connectivity index (χ3v) is 4.32. The third-order valence-electron chi connectivity index (χ3n) is 4.32. The molecular weight excluding hydrogens is 255 g/mol. The zero-order chi connectivity index (χ0) is 14.7. The van der Waals surface area contributed by atoms with Crippen LogP contribution in [0.2, 0.25) is 0 Å². The molecule has 2 N–H and O–H groups in total. The number of hydrogen-bond donors (Lipinski definition) is 1. The molecule has 0 unspecified atom stereocenters. The zero-order valence-corrected chi connectivity index (χ0v) is 12.5. The minimum absolute atomic E-state index is 0.263. The summed E-state index contributed by atoms with van der Waals surface area (Å²) in [6.07, 6.45) is 1.83. The number of hydrogen-bond acceptors (Lipinski definition) is 5. The van der Waals surface area contributed by atoms with Crippen molar-refractivity contribution in [1.29, 1.82) is 0 Å². The maximum atomic E-state index is 6.08. The van der Waals surface area contributed by atoms with Crippen molar-refractivity contribution in [3.63, 3.8) is 0 Å². The van der Waals surface area contributed by atoms with E-state index in [1.165, 1.54) is 0 Å². The molecule has 3 rings (SSSR count). The van der Waals surface area contributed by atoms with Crippen molar-refractivity contribution in [2.24, 2.45) is 0 Å². The minimum atomic E-state index is -0.400. The summed E-state index contributed by atoms with van der Waals surface area (Å²) < 4.78 is 13.8. The lowest BCUT2D eigenvalue weighted by Crippen LogP contribution is -2.41. The van der Waals surface area contributed by atoms with E-state index in [2.05, 4.69) is 10.1 Å². The first-order valence-electron chi connectivity index (χ1n) is 6.68. The Bertz CT molecular complexity index is 664. The molecule has 3 heterocycles. The highest BCUT2D eigenvalue weighted by Crippen LogP contribution is 2.36. The minimum Gasteiger partial charge on any atom is -0.399 e. The van der Waals surface area contributed by atoms with Crippen LogP contribution in [0.25, 0.3) is 5.65 Å². The van der Waals surface area contributed by atoms with Crippen LogP contribution in [0.5, 0.6) is 0 Å². The lowest BCUT2D eigenvalue weighted by molar-refractivity contribution is 0.00578. The highest BCUT2D eigenvalue weighted by molar-refractivity contribution is 6.62. The Hall–Kier alpha value is -1.60. The summed E-state index contributed by atoms with van der Waals surface area (Å²) in [5, 5.41) is 4.10. The largest absolute Gasteiger partial charge is 0.495 e. The quantitative estimate of drug-likeness (QED) is 0.783. The number of fused-ring (bicyclic) bond motifs is 1. The Labute approximate surface area is 118 Å². The van der Waals surface area contributed by atoms with E-state index in [9.17, 15) is 0 Å². The molecule has 0 atom stereocenters. The molecule has 6 nitrogen and oxygen atoms in total. The molecule has 1 aliphatic rings. The molecule has 106 valence electrons. The van der Waals surface area contributed by atoms with E-state index in [4.69, 9.17) is 15.0 Å². The standard InChI is InChI=1S/C13H19BN4O2/c1-8-9(6-7-18-10(8)16-11(15)17-18)14-19-12(2,3)13(4,5)20-14/h6-7H,1-5H3,(H2,15,17). The van der Waals surface area contributed by atoms with E-state index in [-0.39, 0.29) is 17.2 Å². The van der Waals surface area contributed by atoms with Crippen molar-refractivity contribution in [2.45, 2.75) is 45.8 Å². The molecule has 0 saturated carbocycles. The molecule has 1 fully saturated rings. The van der Waals surface area contributed by atoms with Crippen molar-refractivity contribution >= 4 is 24.2 Å². The summed E-state index contributed by atoms with van der Waals surface area (Å²) >= 11 is 0. The molecule has 7 heteroatoms. The van der Waals surface area contributed by atoms with Gasteiger partial charge in [-0.2, -0.15) is 4.98 Å². The lowest BCUT2D eigenvalue weighted by Gasteiger charge is -2.32. The molecular formula is C13H19BN4O2. The number of nitrogen functional groups attached to an aromatic ring is 1. The molecule has 0 bridgehead atoms. The van der Waals surface area contributed by atoms with Gasteiger partial charge in [-0.1, -0.05) is 0 Å². The van der Waals surface area contributed by atoms with Gasteiger partial charge in [-0.05, 0) is 51.7 Å². The van der Waals surface area contributed by atoms with Gasteiger partial charge < -0.3 is 15.0 Å². The Kier molecular flexibility index (Phi) is 2.65. The summed E-state index contributed by atoms with van der Waals surface area (Å²) in [5.41, 5.74) is 7.59. The fraction of sp³-hybridized carbons (Fsp3) is 0.538. The van der Waals surface area contributed by atoms with E-state index >= 15 is 0 Å². The third kappa shape index (κ3) is 1.81. The number of aromatic nitrogens is 3. The first-order chi connectivity index (χ1) is 9.21. The highest BCUT2D eigenvalue weighted by atomic mass is 16.7. The summed E-state index contributed by atoms with van der Waals surface area (Å²) in [6, 6.07) is 1.94. The molecule has 1 saturated heterocycles. The van der Waals surface area contributed by atoms with E-state index in [1.807, 2.05) is 46.9 Å². The van der Waals surface area contributed by atoms with Gasteiger partial charge in [-0.25, -0.2) is 4.52 Å². The van der Waals surface area contributed by atoms with Gasteiger partial charge in [-0.3, -0.25) is 0 Å². The van der Waals surface area contributed by atoms with Crippen molar-refractivity contribution in [3.05, 3.63) is 17.8 Å². The van der Waals surface area contributed by atoms with Crippen molar-refractivity contribution in [1.82, 2.24) is 14.6 Å². The SMILES string of the molecule is Cc1c(B2OC(C)(C)C(C)(C)O2)ccn2nc(N)nc12. The Morgan fingerprint density at radius 1 is 1.20 bits per heavy atom. The van der Waals surface area contributed by atoms with Crippen LogP contribution in [0.1, 0.15) is 33.3 Å². The summed E-state index contributed by atoms with van der Waals surface area (Å²) in [5.74, 6) is 0.263. The maximum Gasteiger partial charge on any atom is 0.495 e. The smallest absolute Gasteiger partial charge is 0.399 e. The molecule has 0 amide bonds. The highest BCUT2D eigenvalue weighted by Gasteiger charge is 2.52. The van der Waals surface area contributed by atoms with Crippen molar-refractivity contribution in [3.8, 4) is 0 Å². The molecule has 20 heavy (non-hydrogen) atoms. The average Bonchev–Trinajstić information content (AvgIpc) is 2.78. The van der Waals surface area contributed by atoms with Crippen LogP contribution in [0.4, 0.5) is 5.95 Å². The van der Waals surface area contributed by atoms with Crippen molar-refractivity contribution in [2.75, 3.05) is 5.73 Å². The Morgan fingerprint density at radius 3 is 2.40 bits per heavy atom. The lowest BCUT2D eigenvalue weighted by atomic mass is 9.77. The number of aryl methyl sites for hydroxylation is 1. The first kappa shape index (κ1) is 13.4. The van der Waals surface area contributed by atoms with Crippen LogP contribution in [0.15, 0.2) is 12.3 Å². The molecule has 0 aromatic carbocycles. The second kappa shape index (κ2) is 3.96. The monoisotopic (exact) mass is 274 g/mol. The average molecular weight is 274 g/mol. The first-order valence-corrected chi connectivity index (χ1v) is 6.68. The second-order valence-electron chi connectivity index (χ2n) is 6.22. The van der Waals surface area contributed by atoms with Gasteiger partial charge in [0.15, 0.2) is 5.65 Å². The van der Waals surface area contributed by atoms with Crippen LogP contribution in [0, 0.1) is 6.92 Å². The van der Waals surface area contributed by atoms with Crippen LogP contribution in [-0.2, 0) is 9.31 Å². The van der Waals surface area contributed by atoms with Gasteiger partial charge in [0, 0.05) is 6.20 Å². The van der Waals surface area contributed by atoms with Gasteiger partial charge in [0.25, 0.3) is 0 Å². The van der Waals surface area contributed by atoms with Crippen molar-refractivity contribution < 1.29 is 9.31 Å².